The molecule has 2 aromatic carbocycles. The number of halogens is 2. The van der Waals surface area contributed by atoms with Crippen molar-refractivity contribution in [2.24, 2.45) is 0 Å². The van der Waals surface area contributed by atoms with E-state index in [1.54, 1.807) is 48.8 Å². The van der Waals surface area contributed by atoms with Crippen molar-refractivity contribution in [3.8, 4) is 17.6 Å². The zero-order valence-electron chi connectivity index (χ0n) is 20.4. The Labute approximate surface area is 233 Å². The van der Waals surface area contributed by atoms with Gasteiger partial charge in [-0.2, -0.15) is 0 Å². The lowest BCUT2D eigenvalue weighted by Crippen LogP contribution is -2.25. The number of hydrogen-bond acceptors (Lipinski definition) is 7. The number of carbonyl (C=O) groups is 1. The molecule has 3 heterocycles. The highest BCUT2D eigenvalue weighted by Gasteiger charge is 2.10. The van der Waals surface area contributed by atoms with Crippen LogP contribution in [0.2, 0.25) is 5.02 Å². The largest absolute Gasteiger partial charge is 0.487 e. The summed E-state index contributed by atoms with van der Waals surface area (Å²) >= 11 is 7.88. The van der Waals surface area contributed by atoms with Crippen LogP contribution < -0.4 is 15.4 Å². The summed E-state index contributed by atoms with van der Waals surface area (Å²) in [6.07, 6.45) is 5.07. The zero-order valence-corrected chi connectivity index (χ0v) is 22.0. The van der Waals surface area contributed by atoms with Crippen molar-refractivity contribution < 1.29 is 13.9 Å². The fourth-order valence-corrected chi connectivity index (χ4v) is 4.81. The van der Waals surface area contributed by atoms with Crippen LogP contribution in [0.3, 0.4) is 0 Å². The molecule has 7 nitrogen and oxygen atoms in total. The van der Waals surface area contributed by atoms with Crippen molar-refractivity contribution in [2.75, 3.05) is 11.9 Å². The first-order valence-corrected chi connectivity index (χ1v) is 13.1. The molecule has 2 N–H and O–H groups in total. The number of rotatable bonds is 8. The van der Waals surface area contributed by atoms with E-state index in [-0.39, 0.29) is 31.3 Å². The SMILES string of the molecule is O=C(Cc1ccncc1)NCC#Cc1cc2ncnc(Nc3ccc(OCc4cccc(F)c4)c(Cl)c3)c2s1. The Hall–Kier alpha value is -4.52. The molecule has 0 aliphatic heterocycles. The number of pyridine rings is 1. The smallest absolute Gasteiger partial charge is 0.225 e. The third kappa shape index (κ3) is 7.08. The van der Waals surface area contributed by atoms with Crippen molar-refractivity contribution in [1.82, 2.24) is 20.3 Å². The van der Waals surface area contributed by atoms with Crippen LogP contribution in [0.15, 0.2) is 79.4 Å². The van der Waals surface area contributed by atoms with Gasteiger partial charge in [0.15, 0.2) is 5.82 Å². The van der Waals surface area contributed by atoms with Crippen LogP contribution in [0.1, 0.15) is 16.0 Å². The molecule has 0 fully saturated rings. The van der Waals surface area contributed by atoms with Crippen molar-refractivity contribution >= 4 is 50.6 Å². The number of amides is 1. The van der Waals surface area contributed by atoms with Crippen molar-refractivity contribution in [3.05, 3.63) is 106 Å². The minimum absolute atomic E-state index is 0.103. The number of carbonyl (C=O) groups excluding carboxylic acids is 1. The Bertz CT molecular complexity index is 1680. The normalized spacial score (nSPS) is 10.5. The summed E-state index contributed by atoms with van der Waals surface area (Å²) in [4.78, 5) is 25.6. The summed E-state index contributed by atoms with van der Waals surface area (Å²) in [5, 5.41) is 6.48. The van der Waals surface area contributed by atoms with Gasteiger partial charge in [-0.15, -0.1) is 11.3 Å². The standard InChI is InChI=1S/C29H21ClFN5O2S/c30-24-15-22(6-7-26(24)38-17-20-3-1-4-21(31)13-20)36-29-28-25(34-18-35-29)16-23(39-28)5-2-10-33-27(37)14-19-8-11-32-12-9-19/h1,3-4,6-9,11-13,15-16,18H,10,14,17H2,(H,33,37)(H,34,35,36). The van der Waals surface area contributed by atoms with Crippen molar-refractivity contribution in [3.63, 3.8) is 0 Å². The van der Waals surface area contributed by atoms with Crippen LogP contribution in [0.4, 0.5) is 15.9 Å². The number of nitrogens with zero attached hydrogens (tertiary/aromatic N) is 3. The van der Waals surface area contributed by atoms with E-state index < -0.39 is 0 Å². The number of benzene rings is 2. The lowest BCUT2D eigenvalue weighted by atomic mass is 10.2. The van der Waals surface area contributed by atoms with Crippen molar-refractivity contribution in [2.45, 2.75) is 13.0 Å². The molecule has 5 aromatic rings. The summed E-state index contributed by atoms with van der Waals surface area (Å²) < 4.78 is 20.0. The van der Waals surface area contributed by atoms with Gasteiger partial charge in [0.05, 0.1) is 33.1 Å². The van der Waals surface area contributed by atoms with E-state index in [4.69, 9.17) is 16.3 Å². The second-order valence-corrected chi connectivity index (χ2v) is 9.81. The van der Waals surface area contributed by atoms with Gasteiger partial charge in [0.25, 0.3) is 0 Å². The van der Waals surface area contributed by atoms with Crippen molar-refractivity contribution in [1.29, 1.82) is 0 Å². The molecule has 3 aromatic heterocycles. The van der Waals surface area contributed by atoms with Gasteiger partial charge in [-0.3, -0.25) is 9.78 Å². The molecule has 0 spiro atoms. The van der Waals surface area contributed by atoms with Crippen LogP contribution in [-0.4, -0.2) is 27.4 Å². The van der Waals surface area contributed by atoms with Gasteiger partial charge in [-0.05, 0) is 59.7 Å². The van der Waals surface area contributed by atoms with Gasteiger partial charge in [-0.1, -0.05) is 35.6 Å². The molecule has 194 valence electrons. The van der Waals surface area contributed by atoms with Gasteiger partial charge in [0, 0.05) is 18.1 Å². The van der Waals surface area contributed by atoms with E-state index in [0.29, 0.717) is 22.2 Å². The number of thiophene rings is 1. The van der Waals surface area contributed by atoms with E-state index in [9.17, 15) is 9.18 Å². The maximum atomic E-state index is 13.4. The number of fused-ring (bicyclic) bond motifs is 1. The second-order valence-electron chi connectivity index (χ2n) is 8.35. The van der Waals surface area contributed by atoms with Crippen LogP contribution in [0, 0.1) is 17.7 Å². The molecule has 0 aliphatic carbocycles. The summed E-state index contributed by atoms with van der Waals surface area (Å²) in [6.45, 7) is 0.436. The van der Waals surface area contributed by atoms with Gasteiger partial charge in [0.1, 0.15) is 24.5 Å². The lowest BCUT2D eigenvalue weighted by molar-refractivity contribution is -0.120. The average molecular weight is 558 g/mol. The first-order valence-electron chi connectivity index (χ1n) is 11.9. The molecule has 1 amide bonds. The summed E-state index contributed by atoms with van der Waals surface area (Å²) in [5.74, 6) is 6.75. The first kappa shape index (κ1) is 26.1. The fraction of sp³-hybridized carbons (Fsp3) is 0.103. The van der Waals surface area contributed by atoms with Crippen LogP contribution in [0.5, 0.6) is 5.75 Å². The molecule has 0 radical (unpaired) electrons. The molecule has 5 rings (SSSR count). The monoisotopic (exact) mass is 557 g/mol. The molecule has 10 heteroatoms. The highest BCUT2D eigenvalue weighted by atomic mass is 35.5. The van der Waals surface area contributed by atoms with Gasteiger partial charge in [0.2, 0.25) is 5.91 Å². The summed E-state index contributed by atoms with van der Waals surface area (Å²) in [5.41, 5.74) is 3.08. The third-order valence-electron chi connectivity index (χ3n) is 5.49. The highest BCUT2D eigenvalue weighted by Crippen LogP contribution is 2.33. The van der Waals surface area contributed by atoms with E-state index >= 15 is 0 Å². The van der Waals surface area contributed by atoms with Gasteiger partial charge in [-0.25, -0.2) is 14.4 Å². The van der Waals surface area contributed by atoms with E-state index in [1.165, 1.54) is 29.8 Å². The fourth-order valence-electron chi connectivity index (χ4n) is 3.65. The maximum absolute atomic E-state index is 13.4. The van der Waals surface area contributed by atoms with Crippen LogP contribution >= 0.6 is 22.9 Å². The zero-order chi connectivity index (χ0) is 27.0. The number of aromatic nitrogens is 3. The Morgan fingerprint density at radius 2 is 1.92 bits per heavy atom. The van der Waals surface area contributed by atoms with Gasteiger partial charge < -0.3 is 15.4 Å². The maximum Gasteiger partial charge on any atom is 0.225 e. The predicted octanol–water partition coefficient (Wildman–Crippen LogP) is 5.91. The molecule has 39 heavy (non-hydrogen) atoms. The van der Waals surface area contributed by atoms with Crippen LogP contribution in [-0.2, 0) is 17.8 Å². The second kappa shape index (κ2) is 12.3. The first-order chi connectivity index (χ1) is 19.0. The third-order valence-corrected chi connectivity index (χ3v) is 6.83. The minimum atomic E-state index is -0.315. The van der Waals surface area contributed by atoms with E-state index in [1.807, 2.05) is 12.1 Å². The molecular weight excluding hydrogens is 537 g/mol. The molecule has 0 saturated heterocycles. The molecule has 0 atom stereocenters. The number of nitrogens with one attached hydrogen (secondary N) is 2. The summed E-state index contributed by atoms with van der Waals surface area (Å²) in [6, 6.07) is 17.0. The Morgan fingerprint density at radius 1 is 1.05 bits per heavy atom. The van der Waals surface area contributed by atoms with E-state index in [0.717, 1.165) is 26.3 Å². The quantitative estimate of drug-likeness (QED) is 0.231. The molecule has 0 aliphatic rings. The lowest BCUT2D eigenvalue weighted by Gasteiger charge is -2.11. The number of hydrogen-bond donors (Lipinski definition) is 2. The number of ether oxygens (including phenoxy) is 1. The molecule has 0 unspecified atom stereocenters. The molecule has 0 saturated carbocycles. The Kier molecular flexibility index (Phi) is 8.26. The highest BCUT2D eigenvalue weighted by molar-refractivity contribution is 7.20. The van der Waals surface area contributed by atoms with Crippen LogP contribution in [0.25, 0.3) is 10.2 Å². The van der Waals surface area contributed by atoms with E-state index in [2.05, 4.69) is 37.4 Å². The average Bonchev–Trinajstić information content (AvgIpc) is 3.35. The predicted molar refractivity (Wildman–Crippen MR) is 151 cm³/mol. The van der Waals surface area contributed by atoms with Gasteiger partial charge >= 0.3 is 0 Å². The Morgan fingerprint density at radius 3 is 2.74 bits per heavy atom. The number of anilines is 2. The topological polar surface area (TPSA) is 89.0 Å². The minimum Gasteiger partial charge on any atom is -0.487 e. The molecule has 0 bridgehead atoms. The molecular formula is C29H21ClFN5O2S. The Balaban J connectivity index is 1.21. The summed E-state index contributed by atoms with van der Waals surface area (Å²) in [7, 11) is 0.